The van der Waals surface area contributed by atoms with Crippen LogP contribution in [0.1, 0.15) is 30.4 Å². The maximum absolute atomic E-state index is 13.6. The number of halogens is 5. The molecule has 1 heterocycles. The van der Waals surface area contributed by atoms with Crippen LogP contribution >= 0.6 is 11.6 Å². The molecule has 0 bridgehead atoms. The van der Waals surface area contributed by atoms with Crippen molar-refractivity contribution < 1.29 is 22.4 Å². The molecule has 1 aliphatic heterocycles. The van der Waals surface area contributed by atoms with E-state index in [2.05, 4.69) is 0 Å². The maximum Gasteiger partial charge on any atom is 0.417 e. The summed E-state index contributed by atoms with van der Waals surface area (Å²) in [6.07, 6.45) is -3.97. The van der Waals surface area contributed by atoms with Crippen LogP contribution in [0.15, 0.2) is 42.5 Å². The lowest BCUT2D eigenvalue weighted by atomic mass is 9.87. The first-order valence-corrected chi connectivity index (χ1v) is 8.53. The molecule has 2 aromatic carbocycles. The van der Waals surface area contributed by atoms with E-state index in [1.54, 1.807) is 6.07 Å². The zero-order valence-electron chi connectivity index (χ0n) is 13.9. The fraction of sp³-hybridized carbons (Fsp3) is 0.316. The SMILES string of the molecule is CC[C@@H]1CN(c2ccc(Cl)c(C(F)(F)F)c2)C(=O)[C@H]1c1cccc(F)c1. The van der Waals surface area contributed by atoms with Crippen LogP contribution < -0.4 is 4.90 Å². The van der Waals surface area contributed by atoms with Crippen molar-refractivity contribution in [1.29, 1.82) is 0 Å². The number of carbonyl (C=O) groups is 1. The van der Waals surface area contributed by atoms with E-state index in [4.69, 9.17) is 11.6 Å². The van der Waals surface area contributed by atoms with Crippen LogP contribution in [-0.2, 0) is 11.0 Å². The predicted octanol–water partition coefficient (Wildman–Crippen LogP) is 5.65. The fourth-order valence-electron chi connectivity index (χ4n) is 3.41. The molecular weight excluding hydrogens is 370 g/mol. The van der Waals surface area contributed by atoms with Crippen molar-refractivity contribution in [3.63, 3.8) is 0 Å². The van der Waals surface area contributed by atoms with Crippen molar-refractivity contribution in [3.8, 4) is 0 Å². The van der Waals surface area contributed by atoms with E-state index in [0.29, 0.717) is 12.0 Å². The van der Waals surface area contributed by atoms with Gasteiger partial charge in [0.15, 0.2) is 0 Å². The molecular formula is C19H16ClF4NO. The zero-order chi connectivity index (χ0) is 19.1. The van der Waals surface area contributed by atoms with Gasteiger partial charge in [-0.25, -0.2) is 4.39 Å². The van der Waals surface area contributed by atoms with Gasteiger partial charge in [-0.3, -0.25) is 4.79 Å². The molecule has 0 saturated carbocycles. The van der Waals surface area contributed by atoms with E-state index in [1.807, 2.05) is 6.92 Å². The molecule has 2 nitrogen and oxygen atoms in total. The van der Waals surface area contributed by atoms with E-state index in [-0.39, 0.29) is 24.1 Å². The van der Waals surface area contributed by atoms with Gasteiger partial charge in [0.2, 0.25) is 5.91 Å². The average Bonchev–Trinajstić information content (AvgIpc) is 2.91. The third-order valence-electron chi connectivity index (χ3n) is 4.72. The molecule has 7 heteroatoms. The molecule has 2 atom stereocenters. The van der Waals surface area contributed by atoms with Gasteiger partial charge in [-0.05, 0) is 41.8 Å². The highest BCUT2D eigenvalue weighted by atomic mass is 35.5. The largest absolute Gasteiger partial charge is 0.417 e. The van der Waals surface area contributed by atoms with Crippen molar-refractivity contribution in [1.82, 2.24) is 0 Å². The third-order valence-corrected chi connectivity index (χ3v) is 5.05. The van der Waals surface area contributed by atoms with E-state index in [9.17, 15) is 22.4 Å². The number of amides is 1. The Hall–Kier alpha value is -2.08. The number of nitrogens with zero attached hydrogens (tertiary/aromatic N) is 1. The van der Waals surface area contributed by atoms with Gasteiger partial charge in [-0.2, -0.15) is 13.2 Å². The molecule has 0 aliphatic carbocycles. The van der Waals surface area contributed by atoms with Crippen LogP contribution in [0.25, 0.3) is 0 Å². The number of hydrogen-bond donors (Lipinski definition) is 0. The minimum absolute atomic E-state index is 0.116. The summed E-state index contributed by atoms with van der Waals surface area (Å²) >= 11 is 5.66. The lowest BCUT2D eigenvalue weighted by Gasteiger charge is -2.19. The number of carbonyl (C=O) groups excluding carboxylic acids is 1. The summed E-state index contributed by atoms with van der Waals surface area (Å²) in [7, 11) is 0. The standard InChI is InChI=1S/C19H16ClF4NO/c1-2-11-10-25(14-6-7-16(20)15(9-14)19(22,23)24)18(26)17(11)12-4-3-5-13(21)8-12/h3-9,11,17H,2,10H2,1H3/t11-,17-/m1/s1. The first-order valence-electron chi connectivity index (χ1n) is 8.16. The summed E-state index contributed by atoms with van der Waals surface area (Å²) < 4.78 is 52.9. The highest BCUT2D eigenvalue weighted by molar-refractivity contribution is 6.31. The molecule has 1 saturated heterocycles. The van der Waals surface area contributed by atoms with Crippen molar-refractivity contribution in [2.24, 2.45) is 5.92 Å². The molecule has 0 spiro atoms. The zero-order valence-corrected chi connectivity index (χ0v) is 14.6. The third kappa shape index (κ3) is 3.43. The number of anilines is 1. The van der Waals surface area contributed by atoms with Crippen LogP contribution in [0.2, 0.25) is 5.02 Å². The van der Waals surface area contributed by atoms with Crippen molar-refractivity contribution in [2.75, 3.05) is 11.4 Å². The van der Waals surface area contributed by atoms with Gasteiger partial charge in [0.1, 0.15) is 5.82 Å². The first kappa shape index (κ1) is 18.7. The number of alkyl halides is 3. The highest BCUT2D eigenvalue weighted by Gasteiger charge is 2.42. The summed E-state index contributed by atoms with van der Waals surface area (Å²) in [5, 5.41) is -0.415. The quantitative estimate of drug-likeness (QED) is 0.625. The Morgan fingerprint density at radius 3 is 2.54 bits per heavy atom. The van der Waals surface area contributed by atoms with Gasteiger partial charge < -0.3 is 4.90 Å². The second kappa shape index (κ2) is 6.91. The predicted molar refractivity (Wildman–Crippen MR) is 91.7 cm³/mol. The van der Waals surface area contributed by atoms with Gasteiger partial charge >= 0.3 is 6.18 Å². The van der Waals surface area contributed by atoms with E-state index < -0.39 is 28.5 Å². The van der Waals surface area contributed by atoms with Crippen molar-refractivity contribution >= 4 is 23.2 Å². The van der Waals surface area contributed by atoms with E-state index in [0.717, 1.165) is 12.1 Å². The molecule has 3 rings (SSSR count). The molecule has 0 unspecified atom stereocenters. The molecule has 138 valence electrons. The highest BCUT2D eigenvalue weighted by Crippen LogP contribution is 2.41. The lowest BCUT2D eigenvalue weighted by molar-refractivity contribution is -0.137. The molecule has 1 amide bonds. The molecule has 26 heavy (non-hydrogen) atoms. The Labute approximate surface area is 153 Å². The number of benzene rings is 2. The Balaban J connectivity index is 1.99. The fourth-order valence-corrected chi connectivity index (χ4v) is 3.63. The first-order chi connectivity index (χ1) is 12.2. The van der Waals surface area contributed by atoms with Crippen LogP contribution in [0.4, 0.5) is 23.2 Å². The van der Waals surface area contributed by atoms with E-state index >= 15 is 0 Å². The minimum Gasteiger partial charge on any atom is -0.312 e. The molecule has 0 radical (unpaired) electrons. The smallest absolute Gasteiger partial charge is 0.312 e. The summed E-state index contributed by atoms with van der Waals surface area (Å²) in [5.41, 5.74) is -0.301. The topological polar surface area (TPSA) is 20.3 Å². The Bertz CT molecular complexity index is 837. The van der Waals surface area contributed by atoms with Crippen LogP contribution in [0.3, 0.4) is 0 Å². The molecule has 1 aliphatic rings. The van der Waals surface area contributed by atoms with Crippen LogP contribution in [0.5, 0.6) is 0 Å². The Morgan fingerprint density at radius 1 is 1.19 bits per heavy atom. The molecule has 2 aromatic rings. The van der Waals surface area contributed by atoms with Gasteiger partial charge in [0.25, 0.3) is 0 Å². The molecule has 1 fully saturated rings. The second-order valence-corrected chi connectivity index (χ2v) is 6.72. The Kier molecular flexibility index (Phi) is 4.97. The van der Waals surface area contributed by atoms with E-state index in [1.165, 1.54) is 29.2 Å². The normalized spacial score (nSPS) is 20.7. The summed E-state index contributed by atoms with van der Waals surface area (Å²) in [4.78, 5) is 14.3. The molecule has 0 N–H and O–H groups in total. The van der Waals surface area contributed by atoms with Gasteiger partial charge in [0.05, 0.1) is 16.5 Å². The van der Waals surface area contributed by atoms with Crippen molar-refractivity contribution in [3.05, 3.63) is 64.4 Å². The minimum atomic E-state index is -4.61. The van der Waals surface area contributed by atoms with Gasteiger partial charge in [-0.1, -0.05) is 37.1 Å². The summed E-state index contributed by atoms with van der Waals surface area (Å²) in [6.45, 7) is 2.17. The van der Waals surface area contributed by atoms with Gasteiger partial charge in [-0.15, -0.1) is 0 Å². The second-order valence-electron chi connectivity index (χ2n) is 6.31. The number of rotatable bonds is 3. The maximum atomic E-state index is 13.6. The van der Waals surface area contributed by atoms with Crippen LogP contribution in [-0.4, -0.2) is 12.5 Å². The van der Waals surface area contributed by atoms with Gasteiger partial charge in [0, 0.05) is 12.2 Å². The Morgan fingerprint density at radius 2 is 1.92 bits per heavy atom. The van der Waals surface area contributed by atoms with Crippen LogP contribution in [0, 0.1) is 11.7 Å². The monoisotopic (exact) mass is 385 g/mol. The van der Waals surface area contributed by atoms with Crippen molar-refractivity contribution in [2.45, 2.75) is 25.4 Å². The average molecular weight is 386 g/mol. The lowest BCUT2D eigenvalue weighted by Crippen LogP contribution is -2.26. The summed E-state index contributed by atoms with van der Waals surface area (Å²) in [6, 6.07) is 9.22. The number of hydrogen-bond acceptors (Lipinski definition) is 1. The summed E-state index contributed by atoms with van der Waals surface area (Å²) in [5.74, 6) is -1.48. The molecule has 0 aromatic heterocycles.